The predicted molar refractivity (Wildman–Crippen MR) is 105 cm³/mol. The molecule has 1 aliphatic heterocycles. The number of fused-ring (bicyclic) bond motifs is 1. The number of hydrogen-bond donors (Lipinski definition) is 1. The molecule has 0 aromatic heterocycles. The number of nitrogens with two attached hydrogens (primary N) is 1. The molecule has 1 amide bonds. The van der Waals surface area contributed by atoms with Gasteiger partial charge in [0.05, 0.1) is 0 Å². The summed E-state index contributed by atoms with van der Waals surface area (Å²) in [5, 5.41) is 0. The Labute approximate surface area is 159 Å². The van der Waals surface area contributed by atoms with Crippen molar-refractivity contribution < 1.29 is 9.53 Å². The number of para-hydroxylation sites is 1. The highest BCUT2D eigenvalue weighted by Crippen LogP contribution is 2.31. The second-order valence-corrected chi connectivity index (χ2v) is 6.78. The van der Waals surface area contributed by atoms with Gasteiger partial charge in [-0.2, -0.15) is 0 Å². The first-order valence-corrected chi connectivity index (χ1v) is 9.14. The molecule has 136 valence electrons. The molecule has 27 heavy (non-hydrogen) atoms. The first-order chi connectivity index (χ1) is 13.2. The van der Waals surface area contributed by atoms with Crippen LogP contribution in [0.25, 0.3) is 0 Å². The Balaban J connectivity index is 1.49. The average Bonchev–Trinajstić information content (AvgIpc) is 2.70. The number of carbonyl (C=O) groups excluding carboxylic acids is 1. The van der Waals surface area contributed by atoms with E-state index in [1.807, 2.05) is 72.8 Å². The van der Waals surface area contributed by atoms with Crippen molar-refractivity contribution in [3.05, 3.63) is 95.6 Å². The standard InChI is InChI=1S/C23H22N2O2/c24-23(26)22-21-9-5-4-6-18(21)14-15-25(22)16-17-10-12-20(13-11-17)27-19-7-2-1-3-8-19/h1-13,22H,14-16H2,(H2,24,26). The van der Waals surface area contributed by atoms with Crippen molar-refractivity contribution in [2.45, 2.75) is 19.0 Å². The summed E-state index contributed by atoms with van der Waals surface area (Å²) in [5.41, 5.74) is 9.10. The van der Waals surface area contributed by atoms with E-state index < -0.39 is 0 Å². The number of carbonyl (C=O) groups is 1. The van der Waals surface area contributed by atoms with Crippen molar-refractivity contribution in [1.29, 1.82) is 0 Å². The van der Waals surface area contributed by atoms with Crippen LogP contribution in [-0.4, -0.2) is 17.4 Å². The van der Waals surface area contributed by atoms with Gasteiger partial charge in [-0.1, -0.05) is 54.6 Å². The van der Waals surface area contributed by atoms with Crippen molar-refractivity contribution >= 4 is 5.91 Å². The summed E-state index contributed by atoms with van der Waals surface area (Å²) < 4.78 is 5.84. The van der Waals surface area contributed by atoms with Crippen LogP contribution in [0.1, 0.15) is 22.7 Å². The molecule has 2 N–H and O–H groups in total. The third kappa shape index (κ3) is 3.86. The number of ether oxygens (including phenoxy) is 1. The lowest BCUT2D eigenvalue weighted by Gasteiger charge is -2.35. The molecule has 0 spiro atoms. The minimum absolute atomic E-state index is 0.300. The molecular weight excluding hydrogens is 336 g/mol. The Morgan fingerprint density at radius 3 is 2.33 bits per heavy atom. The van der Waals surface area contributed by atoms with E-state index in [0.717, 1.165) is 35.6 Å². The molecule has 1 heterocycles. The highest BCUT2D eigenvalue weighted by Gasteiger charge is 2.31. The van der Waals surface area contributed by atoms with Crippen molar-refractivity contribution in [3.63, 3.8) is 0 Å². The van der Waals surface area contributed by atoms with Crippen molar-refractivity contribution in [2.24, 2.45) is 5.73 Å². The zero-order valence-corrected chi connectivity index (χ0v) is 15.0. The monoisotopic (exact) mass is 358 g/mol. The first-order valence-electron chi connectivity index (χ1n) is 9.14. The summed E-state index contributed by atoms with van der Waals surface area (Å²) in [7, 11) is 0. The van der Waals surface area contributed by atoms with Crippen LogP contribution in [0.4, 0.5) is 0 Å². The fraction of sp³-hybridized carbons (Fsp3) is 0.174. The van der Waals surface area contributed by atoms with Gasteiger partial charge in [-0.15, -0.1) is 0 Å². The zero-order chi connectivity index (χ0) is 18.6. The van der Waals surface area contributed by atoms with Gasteiger partial charge in [0, 0.05) is 13.1 Å². The fourth-order valence-corrected chi connectivity index (χ4v) is 3.64. The van der Waals surface area contributed by atoms with Crippen LogP contribution in [0, 0.1) is 0 Å². The fourth-order valence-electron chi connectivity index (χ4n) is 3.64. The molecule has 1 aliphatic rings. The summed E-state index contributed by atoms with van der Waals surface area (Å²) in [6.45, 7) is 1.49. The van der Waals surface area contributed by atoms with Gasteiger partial charge in [-0.05, 0) is 47.4 Å². The molecule has 0 bridgehead atoms. The van der Waals surface area contributed by atoms with E-state index >= 15 is 0 Å². The minimum Gasteiger partial charge on any atom is -0.457 e. The van der Waals surface area contributed by atoms with E-state index in [1.165, 1.54) is 5.56 Å². The SMILES string of the molecule is NC(=O)C1c2ccccc2CCN1Cc1ccc(Oc2ccccc2)cc1. The largest absolute Gasteiger partial charge is 0.457 e. The smallest absolute Gasteiger partial charge is 0.239 e. The molecule has 0 radical (unpaired) electrons. The molecule has 0 saturated carbocycles. The van der Waals surface area contributed by atoms with Crippen molar-refractivity contribution in [3.8, 4) is 11.5 Å². The maximum Gasteiger partial charge on any atom is 0.239 e. The molecule has 4 nitrogen and oxygen atoms in total. The van der Waals surface area contributed by atoms with Gasteiger partial charge < -0.3 is 10.5 Å². The molecule has 4 heteroatoms. The quantitative estimate of drug-likeness (QED) is 0.748. The van der Waals surface area contributed by atoms with Crippen molar-refractivity contribution in [1.82, 2.24) is 4.90 Å². The lowest BCUT2D eigenvalue weighted by atomic mass is 9.92. The Morgan fingerprint density at radius 1 is 0.926 bits per heavy atom. The van der Waals surface area contributed by atoms with E-state index in [1.54, 1.807) is 0 Å². The predicted octanol–water partition coefficient (Wildman–Crippen LogP) is 4.06. The Morgan fingerprint density at radius 2 is 1.59 bits per heavy atom. The molecule has 1 atom stereocenters. The van der Waals surface area contributed by atoms with Crippen LogP contribution in [0.3, 0.4) is 0 Å². The maximum atomic E-state index is 12.1. The maximum absolute atomic E-state index is 12.1. The minimum atomic E-state index is -0.379. The van der Waals surface area contributed by atoms with Gasteiger partial charge in [0.25, 0.3) is 0 Å². The second kappa shape index (κ2) is 7.64. The number of primary amides is 1. The van der Waals surface area contributed by atoms with Gasteiger partial charge in [0.15, 0.2) is 0 Å². The number of benzene rings is 3. The zero-order valence-electron chi connectivity index (χ0n) is 15.0. The third-order valence-electron chi connectivity index (χ3n) is 4.94. The topological polar surface area (TPSA) is 55.6 Å². The second-order valence-electron chi connectivity index (χ2n) is 6.78. The molecule has 1 unspecified atom stereocenters. The van der Waals surface area contributed by atoms with Crippen LogP contribution >= 0.6 is 0 Å². The lowest BCUT2D eigenvalue weighted by Crippen LogP contribution is -2.42. The van der Waals surface area contributed by atoms with E-state index in [0.29, 0.717) is 6.54 Å². The van der Waals surface area contributed by atoms with Gasteiger partial charge in [0.1, 0.15) is 17.5 Å². The van der Waals surface area contributed by atoms with Gasteiger partial charge >= 0.3 is 0 Å². The Hall–Kier alpha value is -3.11. The summed E-state index contributed by atoms with van der Waals surface area (Å²) in [6.07, 6.45) is 0.926. The van der Waals surface area contributed by atoms with Crippen LogP contribution in [0.5, 0.6) is 11.5 Å². The third-order valence-corrected chi connectivity index (χ3v) is 4.94. The molecular formula is C23H22N2O2. The number of hydrogen-bond acceptors (Lipinski definition) is 3. The van der Waals surface area contributed by atoms with E-state index in [2.05, 4.69) is 11.0 Å². The van der Waals surface area contributed by atoms with Crippen LogP contribution in [0.15, 0.2) is 78.9 Å². The summed E-state index contributed by atoms with van der Waals surface area (Å²) in [6, 6.07) is 25.4. The van der Waals surface area contributed by atoms with E-state index in [9.17, 15) is 4.79 Å². The summed E-state index contributed by atoms with van der Waals surface area (Å²) in [5.74, 6) is 1.30. The molecule has 0 aliphatic carbocycles. The normalized spacial score (nSPS) is 16.5. The van der Waals surface area contributed by atoms with Gasteiger partial charge in [0.2, 0.25) is 5.91 Å². The Kier molecular flexibility index (Phi) is 4.90. The van der Waals surface area contributed by atoms with E-state index in [4.69, 9.17) is 10.5 Å². The Bertz CT molecular complexity index is 923. The van der Waals surface area contributed by atoms with Crippen LogP contribution in [-0.2, 0) is 17.8 Å². The molecule has 0 fully saturated rings. The number of amides is 1. The molecule has 3 aromatic carbocycles. The number of rotatable bonds is 5. The van der Waals surface area contributed by atoms with Crippen LogP contribution in [0.2, 0.25) is 0 Å². The molecule has 3 aromatic rings. The van der Waals surface area contributed by atoms with Gasteiger partial charge in [-0.3, -0.25) is 9.69 Å². The molecule has 0 saturated heterocycles. The van der Waals surface area contributed by atoms with Crippen LogP contribution < -0.4 is 10.5 Å². The highest BCUT2D eigenvalue weighted by molar-refractivity contribution is 5.82. The van der Waals surface area contributed by atoms with Gasteiger partial charge in [-0.25, -0.2) is 0 Å². The average molecular weight is 358 g/mol. The van der Waals surface area contributed by atoms with Crippen molar-refractivity contribution in [2.75, 3.05) is 6.54 Å². The summed E-state index contributed by atoms with van der Waals surface area (Å²) >= 11 is 0. The number of nitrogens with zero attached hydrogens (tertiary/aromatic N) is 1. The highest BCUT2D eigenvalue weighted by atomic mass is 16.5. The van der Waals surface area contributed by atoms with E-state index in [-0.39, 0.29) is 11.9 Å². The first kappa shape index (κ1) is 17.3. The lowest BCUT2D eigenvalue weighted by molar-refractivity contribution is -0.124. The molecule has 4 rings (SSSR count). The summed E-state index contributed by atoms with van der Waals surface area (Å²) in [4.78, 5) is 14.3.